The highest BCUT2D eigenvalue weighted by Crippen LogP contribution is 2.47. The largest absolute Gasteiger partial charge is 0.451 e. The molecule has 2 amide bonds. The van der Waals surface area contributed by atoms with Crippen LogP contribution in [0.25, 0.3) is 21.9 Å². The second-order valence-electron chi connectivity index (χ2n) is 11.9. The average Bonchev–Trinajstić information content (AvgIpc) is 3.94. The van der Waals surface area contributed by atoms with Crippen molar-refractivity contribution in [1.29, 1.82) is 5.26 Å². The van der Waals surface area contributed by atoms with Gasteiger partial charge in [-0.2, -0.15) is 5.26 Å². The van der Waals surface area contributed by atoms with Gasteiger partial charge in [0, 0.05) is 65.8 Å². The number of aryl methyl sites for hydroxylation is 1. The van der Waals surface area contributed by atoms with Crippen LogP contribution in [0.1, 0.15) is 71.7 Å². The maximum atomic E-state index is 12.9. The topological polar surface area (TPSA) is 105 Å². The van der Waals surface area contributed by atoms with Crippen LogP contribution in [0.3, 0.4) is 0 Å². The van der Waals surface area contributed by atoms with Gasteiger partial charge in [0.1, 0.15) is 5.58 Å². The number of imide groups is 1. The summed E-state index contributed by atoms with van der Waals surface area (Å²) in [5, 5.41) is 14.0. The Kier molecular flexibility index (Phi) is 6.76. The Balaban J connectivity index is 0.951. The second kappa shape index (κ2) is 10.7. The molecule has 41 heavy (non-hydrogen) atoms. The van der Waals surface area contributed by atoms with E-state index in [-0.39, 0.29) is 11.8 Å². The fourth-order valence-electron chi connectivity index (χ4n) is 6.20. The van der Waals surface area contributed by atoms with Gasteiger partial charge in [0.15, 0.2) is 5.76 Å². The van der Waals surface area contributed by atoms with Gasteiger partial charge < -0.3 is 14.3 Å². The third-order valence-electron chi connectivity index (χ3n) is 8.89. The summed E-state index contributed by atoms with van der Waals surface area (Å²) in [4.78, 5) is 33.4. The Morgan fingerprint density at radius 1 is 1.00 bits per heavy atom. The summed E-state index contributed by atoms with van der Waals surface area (Å²) in [5.41, 5.74) is 5.95. The van der Waals surface area contributed by atoms with Crippen LogP contribution < -0.4 is 10.2 Å². The molecule has 3 aliphatic rings. The number of nitriles is 1. The van der Waals surface area contributed by atoms with Crippen LogP contribution in [0.4, 0.5) is 5.69 Å². The van der Waals surface area contributed by atoms with Gasteiger partial charge in [-0.1, -0.05) is 0 Å². The lowest BCUT2D eigenvalue weighted by Crippen LogP contribution is -2.46. The Labute approximate surface area is 239 Å². The predicted octanol–water partition coefficient (Wildman–Crippen LogP) is 5.47. The summed E-state index contributed by atoms with van der Waals surface area (Å²) in [6, 6.07) is 14.3. The van der Waals surface area contributed by atoms with Crippen molar-refractivity contribution >= 4 is 39.4 Å². The van der Waals surface area contributed by atoms with Crippen molar-refractivity contribution in [1.82, 2.24) is 15.2 Å². The minimum absolute atomic E-state index is 0.0175. The van der Waals surface area contributed by atoms with Crippen molar-refractivity contribution < 1.29 is 14.0 Å². The van der Waals surface area contributed by atoms with E-state index >= 15 is 0 Å². The van der Waals surface area contributed by atoms with Crippen molar-refractivity contribution in [2.45, 2.75) is 50.9 Å². The molecule has 1 saturated heterocycles. The SMILES string of the molecule is N#Cc1ccc2[nH]cc(CCCCN3CCN(c4ccc5oc(C(=O)NC(=O)C6CC6)c(C6CC6)c5c4)CC3)c2c1. The van der Waals surface area contributed by atoms with E-state index in [0.29, 0.717) is 17.2 Å². The normalized spacial score (nSPS) is 17.7. The Bertz CT molecular complexity index is 1660. The maximum Gasteiger partial charge on any atom is 0.293 e. The molecule has 0 spiro atoms. The van der Waals surface area contributed by atoms with Crippen LogP contribution in [-0.4, -0.2) is 54.4 Å². The molecule has 4 aromatic rings. The number of unbranched alkanes of at least 4 members (excludes halogenated alkanes) is 1. The van der Waals surface area contributed by atoms with Gasteiger partial charge in [0.05, 0.1) is 11.6 Å². The number of aromatic nitrogens is 1. The first kappa shape index (κ1) is 25.8. The number of carbonyl (C=O) groups is 2. The zero-order chi connectivity index (χ0) is 27.9. The number of benzene rings is 2. The van der Waals surface area contributed by atoms with E-state index in [1.807, 2.05) is 24.3 Å². The molecule has 3 heterocycles. The number of nitrogens with zero attached hydrogens (tertiary/aromatic N) is 3. The van der Waals surface area contributed by atoms with E-state index < -0.39 is 5.91 Å². The van der Waals surface area contributed by atoms with E-state index in [1.165, 1.54) is 5.56 Å². The Morgan fingerprint density at radius 2 is 1.83 bits per heavy atom. The monoisotopic (exact) mass is 549 g/mol. The fraction of sp³-hybridized carbons (Fsp3) is 0.424. The van der Waals surface area contributed by atoms with E-state index in [1.54, 1.807) is 0 Å². The molecule has 0 radical (unpaired) electrons. The number of H-pyrrole nitrogens is 1. The molecule has 0 unspecified atom stereocenters. The maximum absolute atomic E-state index is 12.9. The van der Waals surface area contributed by atoms with Crippen molar-refractivity contribution in [2.24, 2.45) is 5.92 Å². The van der Waals surface area contributed by atoms with E-state index in [0.717, 1.165) is 111 Å². The number of amides is 2. The Morgan fingerprint density at radius 3 is 2.59 bits per heavy atom. The number of hydrogen-bond acceptors (Lipinski definition) is 6. The van der Waals surface area contributed by atoms with Gasteiger partial charge in [-0.25, -0.2) is 0 Å². The Hall–Kier alpha value is -4.09. The second-order valence-corrected chi connectivity index (χ2v) is 11.9. The number of carbonyl (C=O) groups excluding carboxylic acids is 2. The first-order chi connectivity index (χ1) is 20.1. The number of anilines is 1. The van der Waals surface area contributed by atoms with Crippen molar-refractivity contribution in [3.05, 3.63) is 65.0 Å². The number of nitrogens with one attached hydrogen (secondary N) is 2. The van der Waals surface area contributed by atoms with Crippen molar-refractivity contribution in [2.75, 3.05) is 37.6 Å². The van der Waals surface area contributed by atoms with E-state index in [9.17, 15) is 14.9 Å². The van der Waals surface area contributed by atoms with Gasteiger partial charge >= 0.3 is 0 Å². The smallest absolute Gasteiger partial charge is 0.293 e. The summed E-state index contributed by atoms with van der Waals surface area (Å²) >= 11 is 0. The van der Waals surface area contributed by atoms with Gasteiger partial charge in [0.25, 0.3) is 5.91 Å². The molecule has 2 saturated carbocycles. The molecule has 0 bridgehead atoms. The quantitative estimate of drug-likeness (QED) is 0.212. The van der Waals surface area contributed by atoms with Gasteiger partial charge in [-0.3, -0.25) is 19.8 Å². The zero-order valence-corrected chi connectivity index (χ0v) is 23.2. The van der Waals surface area contributed by atoms with Crippen LogP contribution in [0.15, 0.2) is 47.0 Å². The number of hydrogen-bond donors (Lipinski definition) is 2. The molecule has 2 aromatic heterocycles. The lowest BCUT2D eigenvalue weighted by Gasteiger charge is -2.36. The van der Waals surface area contributed by atoms with E-state index in [4.69, 9.17) is 4.42 Å². The summed E-state index contributed by atoms with van der Waals surface area (Å²) < 4.78 is 6.03. The van der Waals surface area contributed by atoms with Crippen molar-refractivity contribution in [3.63, 3.8) is 0 Å². The fourth-order valence-corrected chi connectivity index (χ4v) is 6.20. The lowest BCUT2D eigenvalue weighted by atomic mass is 10.0. The lowest BCUT2D eigenvalue weighted by molar-refractivity contribution is -0.121. The number of piperazine rings is 1. The van der Waals surface area contributed by atoms with Crippen LogP contribution in [-0.2, 0) is 11.2 Å². The summed E-state index contributed by atoms with van der Waals surface area (Å²) in [6.45, 7) is 5.06. The van der Waals surface area contributed by atoms with Gasteiger partial charge in [-0.05, 0) is 99.4 Å². The summed E-state index contributed by atoms with van der Waals surface area (Å²) in [7, 11) is 0. The molecular weight excluding hydrogens is 514 g/mol. The molecule has 2 aliphatic carbocycles. The van der Waals surface area contributed by atoms with Gasteiger partial charge in [-0.15, -0.1) is 0 Å². The minimum Gasteiger partial charge on any atom is -0.451 e. The third-order valence-corrected chi connectivity index (χ3v) is 8.89. The average molecular weight is 550 g/mol. The number of aromatic amines is 1. The molecule has 2 aromatic carbocycles. The zero-order valence-electron chi connectivity index (χ0n) is 23.2. The molecule has 0 atom stereocenters. The highest BCUT2D eigenvalue weighted by molar-refractivity contribution is 6.08. The molecular formula is C33H35N5O3. The molecule has 8 heteroatoms. The first-order valence-corrected chi connectivity index (χ1v) is 15.0. The highest BCUT2D eigenvalue weighted by atomic mass is 16.3. The summed E-state index contributed by atoms with van der Waals surface area (Å²) in [5.74, 6) is 0.0558. The third kappa shape index (κ3) is 5.34. The molecule has 2 N–H and O–H groups in total. The van der Waals surface area contributed by atoms with Crippen molar-refractivity contribution in [3.8, 4) is 6.07 Å². The van der Waals surface area contributed by atoms with Crippen LogP contribution in [0.2, 0.25) is 0 Å². The first-order valence-electron chi connectivity index (χ1n) is 15.0. The van der Waals surface area contributed by atoms with Crippen LogP contribution in [0, 0.1) is 17.2 Å². The minimum atomic E-state index is -0.397. The molecule has 3 fully saturated rings. The molecule has 1 aliphatic heterocycles. The highest BCUT2D eigenvalue weighted by Gasteiger charge is 2.36. The van der Waals surface area contributed by atoms with E-state index in [2.05, 4.69) is 44.5 Å². The van der Waals surface area contributed by atoms with Crippen LogP contribution >= 0.6 is 0 Å². The molecule has 210 valence electrons. The number of furan rings is 1. The van der Waals surface area contributed by atoms with Crippen LogP contribution in [0.5, 0.6) is 0 Å². The summed E-state index contributed by atoms with van der Waals surface area (Å²) in [6.07, 6.45) is 9.18. The predicted molar refractivity (Wildman–Crippen MR) is 158 cm³/mol. The van der Waals surface area contributed by atoms with Gasteiger partial charge in [0.2, 0.25) is 5.91 Å². The number of fused-ring (bicyclic) bond motifs is 2. The standard InChI is InChI=1S/C33H35N5O3/c34-19-21-4-10-28-26(17-21)24(20-35-28)3-1-2-12-37-13-15-38(16-14-37)25-9-11-29-27(18-25)30(22-5-6-22)31(41-29)33(40)36-32(39)23-7-8-23/h4,9-11,17-18,20,22-23,35H,1-3,5-8,12-16H2,(H,36,39,40). The number of rotatable bonds is 9. The molecule has 7 rings (SSSR count). The molecule has 8 nitrogen and oxygen atoms in total.